The fraction of sp³-hybridized carbons (Fsp3) is 0.375. The van der Waals surface area contributed by atoms with Crippen molar-refractivity contribution in [2.45, 2.75) is 26.4 Å². The Kier molecular flexibility index (Phi) is 5.82. The summed E-state index contributed by atoms with van der Waals surface area (Å²) in [6.45, 7) is 5.38. The molecule has 0 aliphatic rings. The van der Waals surface area contributed by atoms with Gasteiger partial charge in [-0.2, -0.15) is 0 Å². The second-order valence-electron chi connectivity index (χ2n) is 4.85. The molecule has 2 aromatic rings. The number of ether oxygens (including phenoxy) is 2. The number of nitrogens with zero attached hydrogens (tertiary/aromatic N) is 2. The third kappa shape index (κ3) is 5.69. The average molecular weight is 287 g/mol. The number of nitrogens with one attached hydrogen (secondary N) is 1. The summed E-state index contributed by atoms with van der Waals surface area (Å²) in [5, 5.41) is 3.23. The van der Waals surface area contributed by atoms with E-state index in [9.17, 15) is 0 Å². The van der Waals surface area contributed by atoms with Crippen LogP contribution in [-0.4, -0.2) is 29.2 Å². The molecule has 0 amide bonds. The molecule has 2 rings (SSSR count). The lowest BCUT2D eigenvalue weighted by atomic mass is 10.3. The van der Waals surface area contributed by atoms with Crippen LogP contribution in [0, 0.1) is 0 Å². The highest BCUT2D eigenvalue weighted by Crippen LogP contribution is 2.12. The van der Waals surface area contributed by atoms with Gasteiger partial charge in [-0.1, -0.05) is 18.2 Å². The van der Waals surface area contributed by atoms with E-state index in [2.05, 4.69) is 15.3 Å². The van der Waals surface area contributed by atoms with Gasteiger partial charge in [0.2, 0.25) is 5.88 Å². The standard InChI is InChI=1S/C16H21N3O2/c1-13(2)21-16-11-15(18-12-19-16)17-9-6-10-20-14-7-4-3-5-8-14/h3-5,7-8,11-13H,6,9-10H2,1-2H3,(H,17,18,19). The van der Waals surface area contributed by atoms with Gasteiger partial charge in [-0.15, -0.1) is 0 Å². The van der Waals surface area contributed by atoms with Crippen LogP contribution < -0.4 is 14.8 Å². The van der Waals surface area contributed by atoms with E-state index in [1.54, 1.807) is 6.07 Å². The number of anilines is 1. The molecule has 112 valence electrons. The Labute approximate surface area is 125 Å². The van der Waals surface area contributed by atoms with E-state index < -0.39 is 0 Å². The molecule has 0 saturated carbocycles. The molecule has 0 spiro atoms. The van der Waals surface area contributed by atoms with Gasteiger partial charge in [0.1, 0.15) is 17.9 Å². The highest BCUT2D eigenvalue weighted by Gasteiger charge is 2.01. The highest BCUT2D eigenvalue weighted by molar-refractivity contribution is 5.36. The molecule has 1 heterocycles. The quantitative estimate of drug-likeness (QED) is 0.756. The monoisotopic (exact) mass is 287 g/mol. The van der Waals surface area contributed by atoms with Crippen LogP contribution in [0.25, 0.3) is 0 Å². The van der Waals surface area contributed by atoms with Crippen LogP contribution >= 0.6 is 0 Å². The minimum atomic E-state index is 0.104. The van der Waals surface area contributed by atoms with Crippen LogP contribution in [0.1, 0.15) is 20.3 Å². The van der Waals surface area contributed by atoms with E-state index >= 15 is 0 Å². The van der Waals surface area contributed by atoms with Gasteiger partial charge in [0.05, 0.1) is 12.7 Å². The largest absolute Gasteiger partial charge is 0.494 e. The first-order valence-corrected chi connectivity index (χ1v) is 7.14. The van der Waals surface area contributed by atoms with Gasteiger partial charge < -0.3 is 14.8 Å². The van der Waals surface area contributed by atoms with Gasteiger partial charge in [0.15, 0.2) is 0 Å². The van der Waals surface area contributed by atoms with Crippen LogP contribution in [0.2, 0.25) is 0 Å². The predicted octanol–water partition coefficient (Wildman–Crippen LogP) is 3.14. The SMILES string of the molecule is CC(C)Oc1cc(NCCCOc2ccccc2)ncn1. The Balaban J connectivity index is 1.69. The summed E-state index contributed by atoms with van der Waals surface area (Å²) in [5.74, 6) is 2.25. The maximum atomic E-state index is 5.62. The van der Waals surface area contributed by atoms with E-state index in [-0.39, 0.29) is 6.10 Å². The van der Waals surface area contributed by atoms with Gasteiger partial charge in [-0.3, -0.25) is 0 Å². The lowest BCUT2D eigenvalue weighted by Crippen LogP contribution is -2.10. The molecule has 0 fully saturated rings. The molecule has 0 aliphatic heterocycles. The first-order valence-electron chi connectivity index (χ1n) is 7.14. The lowest BCUT2D eigenvalue weighted by Gasteiger charge is -2.10. The fourth-order valence-electron chi connectivity index (χ4n) is 1.74. The van der Waals surface area contributed by atoms with Gasteiger partial charge in [0, 0.05) is 12.6 Å². The van der Waals surface area contributed by atoms with Gasteiger partial charge >= 0.3 is 0 Å². The van der Waals surface area contributed by atoms with Crippen molar-refractivity contribution in [2.75, 3.05) is 18.5 Å². The molecule has 5 nitrogen and oxygen atoms in total. The van der Waals surface area contributed by atoms with Crippen molar-refractivity contribution in [1.29, 1.82) is 0 Å². The summed E-state index contributed by atoms with van der Waals surface area (Å²) >= 11 is 0. The lowest BCUT2D eigenvalue weighted by molar-refractivity contribution is 0.232. The molecular weight excluding hydrogens is 266 g/mol. The first-order chi connectivity index (χ1) is 10.2. The van der Waals surface area contributed by atoms with E-state index in [1.165, 1.54) is 6.33 Å². The summed E-state index contributed by atoms with van der Waals surface area (Å²) in [6.07, 6.45) is 2.49. The minimum Gasteiger partial charge on any atom is -0.494 e. The maximum Gasteiger partial charge on any atom is 0.218 e. The van der Waals surface area contributed by atoms with Gasteiger partial charge in [0.25, 0.3) is 0 Å². The number of aromatic nitrogens is 2. The topological polar surface area (TPSA) is 56.3 Å². The summed E-state index contributed by atoms with van der Waals surface area (Å²) in [5.41, 5.74) is 0. The molecule has 0 aliphatic carbocycles. The average Bonchev–Trinajstić information content (AvgIpc) is 2.48. The predicted molar refractivity (Wildman–Crippen MR) is 82.8 cm³/mol. The Bertz CT molecular complexity index is 532. The number of hydrogen-bond acceptors (Lipinski definition) is 5. The van der Waals surface area contributed by atoms with E-state index in [1.807, 2.05) is 44.2 Å². The second kappa shape index (κ2) is 8.09. The van der Waals surface area contributed by atoms with Crippen molar-refractivity contribution in [3.05, 3.63) is 42.7 Å². The van der Waals surface area contributed by atoms with Crippen LogP contribution in [0.15, 0.2) is 42.7 Å². The Hall–Kier alpha value is -2.30. The molecule has 0 bridgehead atoms. The highest BCUT2D eigenvalue weighted by atomic mass is 16.5. The molecule has 1 aromatic carbocycles. The molecule has 0 unspecified atom stereocenters. The molecule has 21 heavy (non-hydrogen) atoms. The number of para-hydroxylation sites is 1. The molecule has 1 aromatic heterocycles. The van der Waals surface area contributed by atoms with Crippen LogP contribution in [0.4, 0.5) is 5.82 Å². The third-order valence-corrected chi connectivity index (χ3v) is 2.64. The smallest absolute Gasteiger partial charge is 0.218 e. The number of rotatable bonds is 8. The van der Waals surface area contributed by atoms with E-state index in [0.717, 1.165) is 24.5 Å². The Morgan fingerprint density at radius 2 is 1.95 bits per heavy atom. The second-order valence-corrected chi connectivity index (χ2v) is 4.85. The zero-order valence-corrected chi connectivity index (χ0v) is 12.5. The van der Waals surface area contributed by atoms with Crippen molar-refractivity contribution in [3.63, 3.8) is 0 Å². The van der Waals surface area contributed by atoms with Crippen molar-refractivity contribution >= 4 is 5.82 Å². The summed E-state index contributed by atoms with van der Waals surface area (Å²) in [4.78, 5) is 8.23. The fourth-order valence-corrected chi connectivity index (χ4v) is 1.74. The minimum absolute atomic E-state index is 0.104. The molecule has 0 saturated heterocycles. The van der Waals surface area contributed by atoms with Crippen molar-refractivity contribution in [1.82, 2.24) is 9.97 Å². The van der Waals surface area contributed by atoms with Crippen molar-refractivity contribution in [2.24, 2.45) is 0 Å². The zero-order chi connectivity index (χ0) is 14.9. The number of hydrogen-bond donors (Lipinski definition) is 1. The van der Waals surface area contributed by atoms with Crippen LogP contribution in [0.3, 0.4) is 0 Å². The first kappa shape index (κ1) is 15.1. The molecular formula is C16H21N3O2. The van der Waals surface area contributed by atoms with Crippen molar-refractivity contribution < 1.29 is 9.47 Å². The third-order valence-electron chi connectivity index (χ3n) is 2.64. The molecule has 1 N–H and O–H groups in total. The normalized spacial score (nSPS) is 10.4. The summed E-state index contributed by atoms with van der Waals surface area (Å²) in [6, 6.07) is 11.6. The van der Waals surface area contributed by atoms with Crippen LogP contribution in [-0.2, 0) is 0 Å². The van der Waals surface area contributed by atoms with Crippen LogP contribution in [0.5, 0.6) is 11.6 Å². The van der Waals surface area contributed by atoms with E-state index in [4.69, 9.17) is 9.47 Å². The molecule has 0 atom stereocenters. The van der Waals surface area contributed by atoms with Crippen molar-refractivity contribution in [3.8, 4) is 11.6 Å². The zero-order valence-electron chi connectivity index (χ0n) is 12.5. The summed E-state index contributed by atoms with van der Waals surface area (Å²) < 4.78 is 11.1. The van der Waals surface area contributed by atoms with Gasteiger partial charge in [-0.05, 0) is 32.4 Å². The summed E-state index contributed by atoms with van der Waals surface area (Å²) in [7, 11) is 0. The van der Waals surface area contributed by atoms with Gasteiger partial charge in [-0.25, -0.2) is 9.97 Å². The maximum absolute atomic E-state index is 5.62. The Morgan fingerprint density at radius 3 is 2.71 bits per heavy atom. The molecule has 5 heteroatoms. The number of benzene rings is 1. The van der Waals surface area contributed by atoms with E-state index in [0.29, 0.717) is 12.5 Å². The Morgan fingerprint density at radius 1 is 1.14 bits per heavy atom. The molecule has 0 radical (unpaired) electrons.